The minimum Gasteiger partial charge on any atom is -0.488 e. The quantitative estimate of drug-likeness (QED) is 0.667. The summed E-state index contributed by atoms with van der Waals surface area (Å²) < 4.78 is 5.97. The Balaban J connectivity index is 1.66. The largest absolute Gasteiger partial charge is 0.488 e. The van der Waals surface area contributed by atoms with Crippen LogP contribution in [0.2, 0.25) is 0 Å². The Morgan fingerprint density at radius 3 is 2.43 bits per heavy atom. The van der Waals surface area contributed by atoms with Crippen LogP contribution in [-0.2, 0) is 4.84 Å². The number of hydrogen-bond acceptors (Lipinski definition) is 4. The summed E-state index contributed by atoms with van der Waals surface area (Å²) in [5, 5.41) is 4.40. The molecule has 3 aromatic rings. The van der Waals surface area contributed by atoms with Crippen LogP contribution in [0, 0.1) is 6.92 Å². The second-order valence-corrected chi connectivity index (χ2v) is 7.28. The minimum absolute atomic E-state index is 0.0883. The molecule has 0 saturated carbocycles. The molecule has 0 bridgehead atoms. The fourth-order valence-electron chi connectivity index (χ4n) is 4.01. The molecule has 0 aliphatic carbocycles. The lowest BCUT2D eigenvalue weighted by molar-refractivity contribution is -0.0431. The molecule has 28 heavy (non-hydrogen) atoms. The van der Waals surface area contributed by atoms with Crippen molar-refractivity contribution in [2.45, 2.75) is 18.4 Å². The molecule has 0 amide bonds. The third kappa shape index (κ3) is 2.45. The Kier molecular flexibility index (Phi) is 3.79. The first-order chi connectivity index (χ1) is 13.7. The van der Waals surface area contributed by atoms with Gasteiger partial charge in [-0.3, -0.25) is 4.79 Å². The number of benzene rings is 3. The number of aryl methyl sites for hydroxylation is 1. The Morgan fingerprint density at radius 2 is 1.64 bits per heavy atom. The number of ether oxygens (including phenoxy) is 1. The number of ketones is 1. The number of carbonyl (C=O) groups is 1. The molecule has 5 rings (SSSR count). The molecule has 0 N–H and O–H groups in total. The van der Waals surface area contributed by atoms with E-state index in [4.69, 9.17) is 9.57 Å². The zero-order valence-electron chi connectivity index (χ0n) is 15.5. The Morgan fingerprint density at radius 1 is 0.929 bits per heavy atom. The van der Waals surface area contributed by atoms with Gasteiger partial charge in [-0.25, -0.2) is 0 Å². The summed E-state index contributed by atoms with van der Waals surface area (Å²) in [6.45, 7) is 2.17. The molecule has 138 valence electrons. The van der Waals surface area contributed by atoms with Crippen molar-refractivity contribution in [2.75, 3.05) is 6.61 Å². The zero-order chi connectivity index (χ0) is 19.1. The van der Waals surface area contributed by atoms with Crippen LogP contribution in [0.3, 0.4) is 0 Å². The number of Topliss-reactive ketones (excluding diaryl/α,β-unsaturated/α-hetero) is 1. The molecule has 2 aliphatic heterocycles. The highest BCUT2D eigenvalue weighted by molar-refractivity contribution is 6.15. The first kappa shape index (κ1) is 16.8. The molecule has 0 radical (unpaired) electrons. The second-order valence-electron chi connectivity index (χ2n) is 7.28. The SMILES string of the molecule is Cc1ccc(C2C(c3ccccc3)=NOC23COc2ccccc2C3=O)cc1. The zero-order valence-corrected chi connectivity index (χ0v) is 15.5. The predicted molar refractivity (Wildman–Crippen MR) is 107 cm³/mol. The third-order valence-electron chi connectivity index (χ3n) is 5.49. The van der Waals surface area contributed by atoms with Crippen LogP contribution in [0.4, 0.5) is 0 Å². The first-order valence-electron chi connectivity index (χ1n) is 9.34. The van der Waals surface area contributed by atoms with Gasteiger partial charge in [0.25, 0.3) is 0 Å². The fraction of sp³-hybridized carbons (Fsp3) is 0.167. The van der Waals surface area contributed by atoms with Crippen LogP contribution in [0.1, 0.15) is 33.0 Å². The maximum absolute atomic E-state index is 13.6. The summed E-state index contributed by atoms with van der Waals surface area (Å²) in [6, 6.07) is 25.4. The van der Waals surface area contributed by atoms with Gasteiger partial charge in [-0.1, -0.05) is 77.4 Å². The van der Waals surface area contributed by atoms with Crippen molar-refractivity contribution < 1.29 is 14.4 Å². The van der Waals surface area contributed by atoms with Gasteiger partial charge in [-0.15, -0.1) is 0 Å². The first-order valence-corrected chi connectivity index (χ1v) is 9.34. The van der Waals surface area contributed by atoms with E-state index in [2.05, 4.69) is 5.16 Å². The van der Waals surface area contributed by atoms with E-state index in [0.717, 1.165) is 22.4 Å². The van der Waals surface area contributed by atoms with Crippen LogP contribution < -0.4 is 4.74 Å². The lowest BCUT2D eigenvalue weighted by atomic mass is 9.73. The van der Waals surface area contributed by atoms with E-state index < -0.39 is 5.60 Å². The molecule has 0 saturated heterocycles. The normalized spacial score (nSPS) is 23.0. The highest BCUT2D eigenvalue weighted by Crippen LogP contribution is 2.46. The van der Waals surface area contributed by atoms with Crippen LogP contribution in [-0.4, -0.2) is 23.7 Å². The molecule has 2 aliphatic rings. The number of carbonyl (C=O) groups excluding carboxylic acids is 1. The Labute approximate surface area is 163 Å². The van der Waals surface area contributed by atoms with Gasteiger partial charge in [0.05, 0.1) is 17.2 Å². The summed E-state index contributed by atoms with van der Waals surface area (Å²) in [5.41, 5.74) is 3.18. The average molecular weight is 369 g/mol. The van der Waals surface area contributed by atoms with Crippen molar-refractivity contribution in [3.05, 3.63) is 101 Å². The molecule has 4 heteroatoms. The third-order valence-corrected chi connectivity index (χ3v) is 5.49. The van der Waals surface area contributed by atoms with E-state index in [1.807, 2.05) is 79.7 Å². The standard InChI is InChI=1S/C24H19NO3/c1-16-11-13-17(14-12-16)21-22(18-7-3-2-4-8-18)25-28-24(21)15-27-20-10-6-5-9-19(20)23(24)26/h2-14,21H,15H2,1H3. The maximum Gasteiger partial charge on any atom is 0.245 e. The lowest BCUT2D eigenvalue weighted by Crippen LogP contribution is -2.52. The molecule has 0 fully saturated rings. The van der Waals surface area contributed by atoms with Gasteiger partial charge >= 0.3 is 0 Å². The van der Waals surface area contributed by atoms with Gasteiger partial charge in [0.2, 0.25) is 11.4 Å². The van der Waals surface area contributed by atoms with Crippen molar-refractivity contribution in [2.24, 2.45) is 5.16 Å². The van der Waals surface area contributed by atoms with E-state index in [0.29, 0.717) is 11.3 Å². The number of hydrogen-bond donors (Lipinski definition) is 0. The van der Waals surface area contributed by atoms with Gasteiger partial charge in [0, 0.05) is 5.56 Å². The monoisotopic (exact) mass is 369 g/mol. The van der Waals surface area contributed by atoms with Crippen molar-refractivity contribution in [1.29, 1.82) is 0 Å². The summed E-state index contributed by atoms with van der Waals surface area (Å²) in [7, 11) is 0. The highest BCUT2D eigenvalue weighted by Gasteiger charge is 2.58. The van der Waals surface area contributed by atoms with Crippen LogP contribution in [0.25, 0.3) is 0 Å². The number of nitrogens with zero attached hydrogens (tertiary/aromatic N) is 1. The summed E-state index contributed by atoms with van der Waals surface area (Å²) in [4.78, 5) is 19.5. The molecule has 4 nitrogen and oxygen atoms in total. The van der Waals surface area contributed by atoms with Gasteiger partial charge in [-0.05, 0) is 24.6 Å². The molecule has 3 aromatic carbocycles. The number of para-hydroxylation sites is 1. The molecular formula is C24H19NO3. The van der Waals surface area contributed by atoms with E-state index in [1.54, 1.807) is 6.07 Å². The molecule has 2 unspecified atom stereocenters. The topological polar surface area (TPSA) is 47.9 Å². The van der Waals surface area contributed by atoms with Crippen LogP contribution in [0.5, 0.6) is 5.75 Å². The lowest BCUT2D eigenvalue weighted by Gasteiger charge is -2.35. The van der Waals surface area contributed by atoms with Crippen LogP contribution >= 0.6 is 0 Å². The van der Waals surface area contributed by atoms with E-state index in [9.17, 15) is 4.79 Å². The molecule has 1 spiro atoms. The average Bonchev–Trinajstić information content (AvgIpc) is 3.13. The van der Waals surface area contributed by atoms with Crippen molar-refractivity contribution >= 4 is 11.5 Å². The summed E-state index contributed by atoms with van der Waals surface area (Å²) in [5.74, 6) is 0.156. The Bertz CT molecular complexity index is 1070. The van der Waals surface area contributed by atoms with Crippen LogP contribution in [0.15, 0.2) is 84.0 Å². The predicted octanol–water partition coefficient (Wildman–Crippen LogP) is 4.53. The van der Waals surface area contributed by atoms with E-state index in [-0.39, 0.29) is 18.3 Å². The maximum atomic E-state index is 13.6. The highest BCUT2D eigenvalue weighted by atomic mass is 16.7. The van der Waals surface area contributed by atoms with Crippen molar-refractivity contribution in [1.82, 2.24) is 0 Å². The van der Waals surface area contributed by atoms with Gasteiger partial charge < -0.3 is 9.57 Å². The second kappa shape index (κ2) is 6.34. The fourth-order valence-corrected chi connectivity index (χ4v) is 4.01. The van der Waals surface area contributed by atoms with E-state index in [1.165, 1.54) is 0 Å². The number of fused-ring (bicyclic) bond motifs is 1. The summed E-state index contributed by atoms with van der Waals surface area (Å²) in [6.07, 6.45) is 0. The molecule has 0 aromatic heterocycles. The summed E-state index contributed by atoms with van der Waals surface area (Å²) >= 11 is 0. The van der Waals surface area contributed by atoms with E-state index >= 15 is 0 Å². The minimum atomic E-state index is -1.20. The smallest absolute Gasteiger partial charge is 0.245 e. The van der Waals surface area contributed by atoms with Crippen molar-refractivity contribution in [3.63, 3.8) is 0 Å². The Hall–Kier alpha value is -3.40. The molecule has 2 atom stereocenters. The van der Waals surface area contributed by atoms with Gasteiger partial charge in [-0.2, -0.15) is 0 Å². The van der Waals surface area contributed by atoms with Gasteiger partial charge in [0.1, 0.15) is 12.4 Å². The molecule has 2 heterocycles. The number of oxime groups is 1. The van der Waals surface area contributed by atoms with Crippen molar-refractivity contribution in [3.8, 4) is 5.75 Å². The number of rotatable bonds is 2. The molecular weight excluding hydrogens is 350 g/mol. The van der Waals surface area contributed by atoms with Gasteiger partial charge in [0.15, 0.2) is 0 Å².